The summed E-state index contributed by atoms with van der Waals surface area (Å²) in [4.78, 5) is 4.16. The minimum absolute atomic E-state index is 0.456. The number of nitrogens with one attached hydrogen (secondary N) is 2. The van der Waals surface area contributed by atoms with Crippen LogP contribution in [0.15, 0.2) is 4.42 Å². The molecule has 74 valence electrons. The average molecular weight is 209 g/mol. The van der Waals surface area contributed by atoms with E-state index in [1.807, 2.05) is 20.8 Å². The Labute approximate surface area is 86.4 Å². The number of hydrogen-bond acceptors (Lipinski definition) is 3. The number of aromatic amines is 2. The van der Waals surface area contributed by atoms with Gasteiger partial charge in [0.2, 0.25) is 4.77 Å². The molecule has 0 bridgehead atoms. The normalized spacial score (nSPS) is 10.8. The van der Waals surface area contributed by atoms with Crippen LogP contribution in [0.4, 0.5) is 0 Å². The number of hydrogen-bond donors (Lipinski definition) is 2. The van der Waals surface area contributed by atoms with E-state index < -0.39 is 0 Å². The summed E-state index contributed by atoms with van der Waals surface area (Å²) in [6, 6.07) is 0. The molecular weight excluding hydrogens is 198 g/mol. The van der Waals surface area contributed by atoms with Gasteiger partial charge in [0.15, 0.2) is 5.82 Å². The fraction of sp³-hybridized carbons (Fsp3) is 0.333. The highest BCUT2D eigenvalue weighted by molar-refractivity contribution is 7.71. The quantitative estimate of drug-likeness (QED) is 0.710. The van der Waals surface area contributed by atoms with Crippen LogP contribution >= 0.6 is 12.2 Å². The predicted molar refractivity (Wildman–Crippen MR) is 55.7 cm³/mol. The lowest BCUT2D eigenvalue weighted by Gasteiger charge is -1.93. The van der Waals surface area contributed by atoms with E-state index in [4.69, 9.17) is 16.6 Å². The van der Waals surface area contributed by atoms with E-state index in [2.05, 4.69) is 15.2 Å². The number of aryl methyl sites for hydroxylation is 2. The zero-order valence-electron chi connectivity index (χ0n) is 8.26. The minimum atomic E-state index is 0.456. The molecule has 0 fully saturated rings. The lowest BCUT2D eigenvalue weighted by atomic mass is 10.1. The number of rotatable bonds is 1. The second kappa shape index (κ2) is 3.09. The van der Waals surface area contributed by atoms with Crippen molar-refractivity contribution in [2.24, 2.45) is 0 Å². The Balaban J connectivity index is 2.67. The summed E-state index contributed by atoms with van der Waals surface area (Å²) >= 11 is 4.90. The van der Waals surface area contributed by atoms with Gasteiger partial charge in [-0.3, -0.25) is 10.2 Å². The Morgan fingerprint density at radius 1 is 1.14 bits per heavy atom. The zero-order chi connectivity index (χ0) is 10.3. The first-order valence-corrected chi connectivity index (χ1v) is 4.72. The van der Waals surface area contributed by atoms with Gasteiger partial charge in [-0.15, -0.1) is 0 Å². The van der Waals surface area contributed by atoms with Crippen molar-refractivity contribution in [3.63, 3.8) is 0 Å². The van der Waals surface area contributed by atoms with E-state index in [1.54, 1.807) is 0 Å². The van der Waals surface area contributed by atoms with E-state index in [0.717, 1.165) is 28.5 Å². The Bertz CT molecular complexity index is 520. The molecule has 2 heterocycles. The van der Waals surface area contributed by atoms with Crippen molar-refractivity contribution in [1.29, 1.82) is 0 Å². The van der Waals surface area contributed by atoms with Crippen molar-refractivity contribution >= 4 is 12.2 Å². The topological polar surface area (TPSA) is 57.6 Å². The number of nitrogens with zero attached hydrogens (tertiary/aromatic N) is 1. The summed E-state index contributed by atoms with van der Waals surface area (Å²) in [5.74, 6) is 2.51. The molecule has 0 aromatic carbocycles. The first-order chi connectivity index (χ1) is 6.59. The van der Waals surface area contributed by atoms with Crippen LogP contribution in [0, 0.1) is 25.5 Å². The second-order valence-corrected chi connectivity index (χ2v) is 3.62. The maximum Gasteiger partial charge on any atom is 0.213 e. The van der Waals surface area contributed by atoms with E-state index >= 15 is 0 Å². The molecule has 4 nitrogen and oxygen atoms in total. The van der Waals surface area contributed by atoms with Crippen LogP contribution in [-0.4, -0.2) is 15.2 Å². The summed E-state index contributed by atoms with van der Waals surface area (Å²) in [7, 11) is 0. The van der Waals surface area contributed by atoms with Crippen molar-refractivity contribution in [2.75, 3.05) is 0 Å². The summed E-state index contributed by atoms with van der Waals surface area (Å²) in [5, 5.41) is 5.68. The fourth-order valence-corrected chi connectivity index (χ4v) is 1.67. The lowest BCUT2D eigenvalue weighted by molar-refractivity contribution is 0.503. The smallest absolute Gasteiger partial charge is 0.213 e. The fourth-order valence-electron chi connectivity index (χ4n) is 1.53. The molecule has 0 aliphatic carbocycles. The highest BCUT2D eigenvalue weighted by Crippen LogP contribution is 2.28. The molecule has 0 saturated carbocycles. The van der Waals surface area contributed by atoms with Crippen LogP contribution in [0.2, 0.25) is 0 Å². The standard InChI is InChI=1S/C9H11N3OS/c1-4-5(2)13-6(3)7(4)8-10-9(14)12-11-8/h1-3H3,(H2,10,11,12,14). The first kappa shape index (κ1) is 9.21. The Morgan fingerprint density at radius 3 is 2.29 bits per heavy atom. The van der Waals surface area contributed by atoms with Crippen LogP contribution in [0.25, 0.3) is 11.4 Å². The molecule has 14 heavy (non-hydrogen) atoms. The summed E-state index contributed by atoms with van der Waals surface area (Å²) < 4.78 is 5.96. The van der Waals surface area contributed by atoms with Crippen molar-refractivity contribution < 1.29 is 4.42 Å². The predicted octanol–water partition coefficient (Wildman–Crippen LogP) is 2.65. The Kier molecular flexibility index (Phi) is 2.03. The maximum atomic E-state index is 5.50. The number of aromatic nitrogens is 3. The molecule has 2 N–H and O–H groups in total. The van der Waals surface area contributed by atoms with Gasteiger partial charge in [-0.05, 0) is 33.0 Å². The average Bonchev–Trinajstić information content (AvgIpc) is 2.60. The summed E-state index contributed by atoms with van der Waals surface area (Å²) in [6.45, 7) is 5.86. The van der Waals surface area contributed by atoms with Crippen LogP contribution in [0.3, 0.4) is 0 Å². The largest absolute Gasteiger partial charge is 0.466 e. The van der Waals surface area contributed by atoms with Gasteiger partial charge in [-0.2, -0.15) is 4.98 Å². The molecule has 0 aliphatic rings. The van der Waals surface area contributed by atoms with Crippen molar-refractivity contribution in [3.8, 4) is 11.4 Å². The Morgan fingerprint density at radius 2 is 1.86 bits per heavy atom. The highest BCUT2D eigenvalue weighted by atomic mass is 32.1. The second-order valence-electron chi connectivity index (χ2n) is 3.23. The molecule has 2 rings (SSSR count). The van der Waals surface area contributed by atoms with Gasteiger partial charge >= 0.3 is 0 Å². The molecule has 2 aromatic heterocycles. The maximum absolute atomic E-state index is 5.50. The number of furan rings is 1. The third kappa shape index (κ3) is 1.29. The monoisotopic (exact) mass is 209 g/mol. The van der Waals surface area contributed by atoms with Crippen molar-refractivity contribution in [1.82, 2.24) is 15.2 Å². The summed E-state index contributed by atoms with van der Waals surface area (Å²) in [5.41, 5.74) is 2.09. The molecule has 0 atom stereocenters. The van der Waals surface area contributed by atoms with Crippen molar-refractivity contribution in [2.45, 2.75) is 20.8 Å². The van der Waals surface area contributed by atoms with Crippen LogP contribution < -0.4 is 0 Å². The summed E-state index contributed by atoms with van der Waals surface area (Å²) in [6.07, 6.45) is 0. The minimum Gasteiger partial charge on any atom is -0.466 e. The van der Waals surface area contributed by atoms with E-state index in [1.165, 1.54) is 0 Å². The van der Waals surface area contributed by atoms with Gasteiger partial charge < -0.3 is 4.42 Å². The van der Waals surface area contributed by atoms with Crippen molar-refractivity contribution in [3.05, 3.63) is 21.9 Å². The molecular formula is C9H11N3OS. The van der Waals surface area contributed by atoms with Crippen LogP contribution in [0.1, 0.15) is 17.1 Å². The zero-order valence-corrected chi connectivity index (χ0v) is 9.08. The van der Waals surface area contributed by atoms with Gasteiger partial charge in [0, 0.05) is 5.56 Å². The van der Waals surface area contributed by atoms with Crippen LogP contribution in [-0.2, 0) is 0 Å². The van der Waals surface area contributed by atoms with E-state index in [9.17, 15) is 0 Å². The molecule has 5 heteroatoms. The molecule has 0 amide bonds. The van der Waals surface area contributed by atoms with Gasteiger partial charge in [0.25, 0.3) is 0 Å². The molecule has 2 aromatic rings. The van der Waals surface area contributed by atoms with Gasteiger partial charge in [0.1, 0.15) is 11.5 Å². The number of H-pyrrole nitrogens is 2. The molecule has 0 saturated heterocycles. The van der Waals surface area contributed by atoms with E-state index in [0.29, 0.717) is 4.77 Å². The third-order valence-electron chi connectivity index (χ3n) is 2.30. The molecule has 0 unspecified atom stereocenters. The van der Waals surface area contributed by atoms with E-state index in [-0.39, 0.29) is 0 Å². The van der Waals surface area contributed by atoms with Gasteiger partial charge in [0.05, 0.1) is 5.56 Å². The first-order valence-electron chi connectivity index (χ1n) is 4.31. The highest BCUT2D eigenvalue weighted by Gasteiger charge is 2.15. The molecule has 0 radical (unpaired) electrons. The molecule has 0 spiro atoms. The van der Waals surface area contributed by atoms with Gasteiger partial charge in [-0.1, -0.05) is 0 Å². The van der Waals surface area contributed by atoms with Crippen LogP contribution in [0.5, 0.6) is 0 Å². The lowest BCUT2D eigenvalue weighted by Crippen LogP contribution is -1.84. The Hall–Kier alpha value is -1.36. The molecule has 0 aliphatic heterocycles. The third-order valence-corrected chi connectivity index (χ3v) is 2.49. The SMILES string of the molecule is Cc1oc(C)c(-c2nc(=S)[nH][nH]2)c1C. The van der Waals surface area contributed by atoms with Gasteiger partial charge in [-0.25, -0.2) is 0 Å².